The van der Waals surface area contributed by atoms with Crippen molar-refractivity contribution < 1.29 is 47.0 Å². The van der Waals surface area contributed by atoms with Crippen molar-refractivity contribution in [3.8, 4) is 16.2 Å². The number of benzene rings is 2. The first-order valence-electron chi connectivity index (χ1n) is 25.7. The van der Waals surface area contributed by atoms with Gasteiger partial charge in [-0.25, -0.2) is 18.2 Å². The van der Waals surface area contributed by atoms with Crippen LogP contribution < -0.4 is 20.7 Å². The molecule has 3 aliphatic carbocycles. The van der Waals surface area contributed by atoms with Crippen LogP contribution in [0.5, 0.6) is 5.75 Å². The molecule has 4 fully saturated rings. The minimum Gasteiger partial charge on any atom is -0.493 e. The summed E-state index contributed by atoms with van der Waals surface area (Å²) in [5.41, 5.74) is 2.89. The maximum atomic E-state index is 14.7. The fourth-order valence-corrected chi connectivity index (χ4v) is 11.8. The maximum Gasteiger partial charge on any atom is 0.276 e. The number of nitrogens with one attached hydrogen (secondary N) is 4. The normalized spacial score (nSPS) is 23.0. The number of carbonyl (C=O) groups is 5. The number of aryl methyl sites for hydroxylation is 1. The number of ether oxygens (including phenoxy) is 1. The van der Waals surface area contributed by atoms with E-state index in [1.54, 1.807) is 50.3 Å². The summed E-state index contributed by atoms with van der Waals surface area (Å²) in [6.07, 6.45) is 4.12. The molecule has 75 heavy (non-hydrogen) atoms. The van der Waals surface area contributed by atoms with Gasteiger partial charge in [-0.3, -0.25) is 33.8 Å². The summed E-state index contributed by atoms with van der Waals surface area (Å²) in [6.45, 7) is 9.95. The Morgan fingerprint density at radius 1 is 1.03 bits per heavy atom. The second kappa shape index (κ2) is 19.8. The summed E-state index contributed by atoms with van der Waals surface area (Å²) in [6, 6.07) is 13.1. The highest BCUT2D eigenvalue weighted by Gasteiger charge is 2.78. The average molecular weight is 1050 g/mol. The van der Waals surface area contributed by atoms with Crippen LogP contribution in [0.4, 0.5) is 18.9 Å². The minimum absolute atomic E-state index is 0.00860. The lowest BCUT2D eigenvalue weighted by molar-refractivity contribution is -0.145. The van der Waals surface area contributed by atoms with E-state index in [-0.39, 0.29) is 75.4 Å². The van der Waals surface area contributed by atoms with Crippen LogP contribution in [0.2, 0.25) is 0 Å². The smallest absolute Gasteiger partial charge is 0.276 e. The zero-order valence-corrected chi connectivity index (χ0v) is 43.4. The first-order chi connectivity index (χ1) is 35.6. The predicted molar refractivity (Wildman–Crippen MR) is 271 cm³/mol. The Hall–Kier alpha value is -6.61. The van der Waals surface area contributed by atoms with Gasteiger partial charge in [0, 0.05) is 85.7 Å². The number of carbonyl (C=O) groups excluding carboxylic acids is 5. The van der Waals surface area contributed by atoms with Crippen molar-refractivity contribution in [3.05, 3.63) is 100 Å². The van der Waals surface area contributed by atoms with Crippen molar-refractivity contribution >= 4 is 46.6 Å². The van der Waals surface area contributed by atoms with Crippen molar-refractivity contribution in [1.29, 1.82) is 0 Å². The SMILES string of the molecule is Cc1ncsc1-c1ccc(CNC(=O)[C@@H]2C[C@@H](O)CN2C(=O)C(NC(=O)C2(F)CC2)C(C)(C)C)c(OCCCCC(=O)N2CC([C@@H](c3ccccc3)n3cc(NC(=O)c4n[nH]c5c4C[C@@H]4C(F)(F)[C@]4(C)C5)cn3)C2)c1. The molecule has 0 bridgehead atoms. The number of hydrogen-bond donors (Lipinski definition) is 5. The molecule has 2 saturated carbocycles. The first-order valence-corrected chi connectivity index (χ1v) is 26.6. The van der Waals surface area contributed by atoms with Gasteiger partial charge < -0.3 is 35.6 Å². The van der Waals surface area contributed by atoms with Gasteiger partial charge in [0.05, 0.1) is 46.7 Å². The topological polar surface area (TPSA) is 217 Å². The molecule has 5 amide bonds. The number of H-pyrrole nitrogens is 1. The van der Waals surface area contributed by atoms with Gasteiger partial charge in [-0.05, 0) is 61.6 Å². The van der Waals surface area contributed by atoms with E-state index in [0.29, 0.717) is 60.6 Å². The van der Waals surface area contributed by atoms with Crippen molar-refractivity contribution in [2.24, 2.45) is 22.7 Å². The fraction of sp³-hybridized carbons (Fsp3) is 0.519. The number of halogens is 3. The number of hydrogen-bond acceptors (Lipinski definition) is 11. The number of likely N-dealkylation sites (tertiary alicyclic amines) is 2. The second-order valence-electron chi connectivity index (χ2n) is 22.3. The van der Waals surface area contributed by atoms with Crippen molar-refractivity contribution in [1.82, 2.24) is 45.4 Å². The number of rotatable bonds is 18. The average Bonchev–Trinajstić information content (AvgIpc) is 3.87. The van der Waals surface area contributed by atoms with E-state index in [4.69, 9.17) is 4.74 Å². The van der Waals surface area contributed by atoms with Gasteiger partial charge in [-0.15, -0.1) is 11.3 Å². The summed E-state index contributed by atoms with van der Waals surface area (Å²) in [4.78, 5) is 76.0. The molecule has 1 unspecified atom stereocenters. The van der Waals surface area contributed by atoms with Crippen LogP contribution in [0.3, 0.4) is 0 Å². The lowest BCUT2D eigenvalue weighted by Gasteiger charge is -2.43. The number of aliphatic hydroxyl groups is 1. The van der Waals surface area contributed by atoms with E-state index in [9.17, 15) is 42.3 Å². The Morgan fingerprint density at radius 2 is 1.79 bits per heavy atom. The van der Waals surface area contributed by atoms with E-state index < -0.39 is 70.2 Å². The maximum absolute atomic E-state index is 14.7. The summed E-state index contributed by atoms with van der Waals surface area (Å²) in [5.74, 6) is -5.44. The molecule has 2 saturated heterocycles. The molecule has 5 aliphatic rings. The monoisotopic (exact) mass is 1050 g/mol. The zero-order valence-electron chi connectivity index (χ0n) is 42.6. The van der Waals surface area contributed by atoms with Gasteiger partial charge in [0.15, 0.2) is 11.4 Å². The Balaban J connectivity index is 0.732. The molecule has 5 N–H and O–H groups in total. The Labute approximate surface area is 436 Å². The van der Waals surface area contributed by atoms with Gasteiger partial charge in [0.2, 0.25) is 17.7 Å². The summed E-state index contributed by atoms with van der Waals surface area (Å²) >= 11 is 1.49. The van der Waals surface area contributed by atoms with Crippen LogP contribution in [-0.2, 0) is 38.6 Å². The number of aliphatic hydroxyl groups excluding tert-OH is 1. The highest BCUT2D eigenvalue weighted by atomic mass is 32.1. The highest BCUT2D eigenvalue weighted by Crippen LogP contribution is 2.70. The third-order valence-electron chi connectivity index (χ3n) is 15.9. The third-order valence-corrected chi connectivity index (χ3v) is 16.9. The number of β-amino-alcohol motifs (C(OH)–C–C–N with tert-alkyl or cyclic N) is 1. The third kappa shape index (κ3) is 10.2. The van der Waals surface area contributed by atoms with Crippen LogP contribution >= 0.6 is 11.3 Å². The number of fused-ring (bicyclic) bond motifs is 2. The molecule has 2 aromatic carbocycles. The number of nitrogens with zero attached hydrogens (tertiary/aromatic N) is 6. The summed E-state index contributed by atoms with van der Waals surface area (Å²) in [5, 5.41) is 30.7. The lowest BCUT2D eigenvalue weighted by Crippen LogP contribution is -2.59. The van der Waals surface area contributed by atoms with Crippen molar-refractivity contribution in [2.45, 2.75) is 128 Å². The number of anilines is 1. The summed E-state index contributed by atoms with van der Waals surface area (Å²) in [7, 11) is 0. The largest absolute Gasteiger partial charge is 0.493 e. The van der Waals surface area contributed by atoms with E-state index in [1.165, 1.54) is 16.2 Å². The Morgan fingerprint density at radius 3 is 2.49 bits per heavy atom. The predicted octanol–water partition coefficient (Wildman–Crippen LogP) is 6.57. The number of thiazole rings is 1. The van der Waals surface area contributed by atoms with E-state index in [2.05, 4.69) is 36.2 Å². The molecule has 6 atom stereocenters. The number of alkyl halides is 3. The van der Waals surface area contributed by atoms with E-state index in [1.807, 2.05) is 60.4 Å². The lowest BCUT2D eigenvalue weighted by atomic mass is 9.85. The second-order valence-corrected chi connectivity index (χ2v) is 23.2. The van der Waals surface area contributed by atoms with Gasteiger partial charge in [-0.1, -0.05) is 70.2 Å². The fourth-order valence-electron chi connectivity index (χ4n) is 11.0. The molecule has 0 spiro atoms. The molecular weight excluding hydrogens is 990 g/mol. The number of amides is 5. The molecule has 398 valence electrons. The Kier molecular flexibility index (Phi) is 13.7. The number of unbranched alkanes of at least 4 members (excludes halogenated alkanes) is 1. The first kappa shape index (κ1) is 51.9. The van der Waals surface area contributed by atoms with Crippen LogP contribution in [-0.4, -0.2) is 125 Å². The number of aromatic nitrogens is 5. The van der Waals surface area contributed by atoms with Crippen molar-refractivity contribution in [2.75, 3.05) is 31.6 Å². The highest BCUT2D eigenvalue weighted by molar-refractivity contribution is 7.13. The van der Waals surface area contributed by atoms with Gasteiger partial charge >= 0.3 is 0 Å². The zero-order chi connectivity index (χ0) is 53.2. The standard InChI is InChI=1S/C54H63F3N10O7S/c1-30-45(75-29-59-30)32-14-15-33(23-58-47(70)39-20-36(68)28-66(39)49(72)46(51(2,3)4)62-50(73)53(55)16-17-53)40(19-32)74-18-10-9-13-42(69)65-25-34(26-65)44(31-11-7-6-8-12-31)67-27-35(24-60-67)61-48(71)43-37-21-41-52(5,54(41,56)57)22-38(37)63-64-43/h6-8,11-12,14-15,19,24,27,29,34,36,39,41,44,46,68H,9-10,13,16-18,20-23,25-26,28H2,1-5H3,(H,58,70)(H,61,71)(H,62,73)(H,63,64)/t36-,39+,41+,44-,46?,52-/m1/s1. The molecule has 2 aliphatic heterocycles. The molecule has 10 rings (SSSR count). The van der Waals surface area contributed by atoms with Gasteiger partial charge in [0.25, 0.3) is 17.7 Å². The Bertz CT molecular complexity index is 3000. The van der Waals surface area contributed by atoms with E-state index in [0.717, 1.165) is 21.7 Å². The molecule has 21 heteroatoms. The van der Waals surface area contributed by atoms with Crippen LogP contribution in [0.25, 0.3) is 10.4 Å². The molecule has 17 nitrogen and oxygen atoms in total. The number of aromatic amines is 1. The van der Waals surface area contributed by atoms with Crippen LogP contribution in [0, 0.1) is 29.6 Å². The minimum atomic E-state index is -2.78. The molecule has 3 aromatic heterocycles. The summed E-state index contributed by atoms with van der Waals surface area (Å²) < 4.78 is 52.0. The van der Waals surface area contributed by atoms with Crippen molar-refractivity contribution in [3.63, 3.8) is 0 Å². The van der Waals surface area contributed by atoms with Crippen LogP contribution in [0.1, 0.15) is 111 Å². The van der Waals surface area contributed by atoms with Gasteiger partial charge in [0.1, 0.15) is 17.8 Å². The quantitative estimate of drug-likeness (QED) is 0.0595. The van der Waals surface area contributed by atoms with Gasteiger partial charge in [-0.2, -0.15) is 10.2 Å². The molecule has 5 heterocycles. The molecular formula is C54H63F3N10O7S. The molecule has 0 radical (unpaired) electrons. The molecule has 5 aromatic rings. The van der Waals surface area contributed by atoms with Crippen LogP contribution in [0.15, 0.2) is 66.4 Å². The van der Waals surface area contributed by atoms with E-state index >= 15 is 0 Å².